The third kappa shape index (κ3) is 2.96. The van der Waals surface area contributed by atoms with Gasteiger partial charge in [0.1, 0.15) is 5.75 Å². The number of fused-ring (bicyclic) bond motifs is 1. The number of ether oxygens (including phenoxy) is 1. The van der Waals surface area contributed by atoms with Crippen LogP contribution < -0.4 is 4.74 Å². The van der Waals surface area contributed by atoms with Crippen LogP contribution in [0, 0.1) is 0 Å². The lowest BCUT2D eigenvalue weighted by atomic mass is 10.1. The molecule has 0 radical (unpaired) electrons. The molecule has 0 spiro atoms. The first-order chi connectivity index (χ1) is 10.7. The molecule has 0 saturated carbocycles. The van der Waals surface area contributed by atoms with Crippen molar-refractivity contribution in [3.05, 3.63) is 29.3 Å². The number of hydrogen-bond acceptors (Lipinski definition) is 4. The molecule has 120 valence electrons. The highest BCUT2D eigenvalue weighted by Gasteiger charge is 2.26. The molecule has 0 bridgehead atoms. The Labute approximate surface area is 131 Å². The molecular weight excluding hydrogens is 280 g/mol. The first-order valence-corrected chi connectivity index (χ1v) is 8.13. The van der Waals surface area contributed by atoms with E-state index < -0.39 is 0 Å². The molecule has 2 aliphatic rings. The summed E-state index contributed by atoms with van der Waals surface area (Å²) in [6, 6.07) is 5.96. The maximum Gasteiger partial charge on any atom is 0.253 e. The number of hydrogen-bond donors (Lipinski definition) is 1. The molecule has 2 aliphatic heterocycles. The Morgan fingerprint density at radius 3 is 2.77 bits per heavy atom. The van der Waals surface area contributed by atoms with Crippen LogP contribution in [0.3, 0.4) is 0 Å². The van der Waals surface area contributed by atoms with Crippen LogP contribution in [0.25, 0.3) is 0 Å². The number of aliphatic hydroxyl groups is 1. The lowest BCUT2D eigenvalue weighted by Crippen LogP contribution is -2.52. The second-order valence-electron chi connectivity index (χ2n) is 5.99. The Bertz CT molecular complexity index is 535. The highest BCUT2D eigenvalue weighted by Crippen LogP contribution is 2.26. The number of aliphatic hydroxyl groups excluding tert-OH is 1. The molecule has 5 heteroatoms. The van der Waals surface area contributed by atoms with E-state index in [4.69, 9.17) is 4.74 Å². The van der Waals surface area contributed by atoms with Crippen molar-refractivity contribution < 1.29 is 14.6 Å². The first kappa shape index (κ1) is 15.3. The van der Waals surface area contributed by atoms with Crippen molar-refractivity contribution in [3.8, 4) is 5.75 Å². The van der Waals surface area contributed by atoms with Crippen molar-refractivity contribution in [2.45, 2.75) is 25.8 Å². The van der Waals surface area contributed by atoms with E-state index in [1.807, 2.05) is 23.1 Å². The Morgan fingerprint density at radius 2 is 2.09 bits per heavy atom. The van der Waals surface area contributed by atoms with Gasteiger partial charge < -0.3 is 14.7 Å². The summed E-state index contributed by atoms with van der Waals surface area (Å²) in [7, 11) is 0. The smallest absolute Gasteiger partial charge is 0.253 e. The largest absolute Gasteiger partial charge is 0.493 e. The van der Waals surface area contributed by atoms with Crippen LogP contribution >= 0.6 is 0 Å². The second-order valence-corrected chi connectivity index (χ2v) is 5.99. The molecular formula is C17H24N2O3. The van der Waals surface area contributed by atoms with E-state index in [0.29, 0.717) is 6.61 Å². The highest BCUT2D eigenvalue weighted by molar-refractivity contribution is 5.94. The second kappa shape index (κ2) is 6.67. The number of piperazine rings is 1. The van der Waals surface area contributed by atoms with Gasteiger partial charge in [-0.1, -0.05) is 6.92 Å². The van der Waals surface area contributed by atoms with Gasteiger partial charge in [0.25, 0.3) is 5.91 Å². The third-order valence-electron chi connectivity index (χ3n) is 4.74. The number of rotatable bonds is 4. The summed E-state index contributed by atoms with van der Waals surface area (Å²) in [4.78, 5) is 16.8. The molecule has 1 saturated heterocycles. The number of carbonyl (C=O) groups excluding carboxylic acids is 1. The minimum atomic E-state index is 0.103. The Balaban J connectivity index is 1.62. The normalized spacial score (nSPS) is 19.6. The average molecular weight is 304 g/mol. The SMILES string of the molecule is CCC(CO)N1CCN(C(=O)c2ccc3c(c2)CCO3)CC1. The summed E-state index contributed by atoms with van der Waals surface area (Å²) in [5.41, 5.74) is 1.89. The fraction of sp³-hybridized carbons (Fsp3) is 0.588. The van der Waals surface area contributed by atoms with Gasteiger partial charge in [-0.15, -0.1) is 0 Å². The standard InChI is InChI=1S/C17H24N2O3/c1-2-15(12-20)18-6-8-19(9-7-18)17(21)14-3-4-16-13(11-14)5-10-22-16/h3-4,11,15,20H,2,5-10,12H2,1H3. The molecule has 3 rings (SSSR count). The molecule has 1 unspecified atom stereocenters. The van der Waals surface area contributed by atoms with Crippen LogP contribution in [0.15, 0.2) is 18.2 Å². The van der Waals surface area contributed by atoms with Gasteiger partial charge in [-0.25, -0.2) is 0 Å². The Kier molecular flexibility index (Phi) is 4.64. The monoisotopic (exact) mass is 304 g/mol. The quantitative estimate of drug-likeness (QED) is 0.907. The van der Waals surface area contributed by atoms with Crippen LogP contribution in [0.5, 0.6) is 5.75 Å². The van der Waals surface area contributed by atoms with Crippen molar-refractivity contribution in [2.24, 2.45) is 0 Å². The molecule has 1 aromatic rings. The fourth-order valence-corrected chi connectivity index (χ4v) is 3.30. The van der Waals surface area contributed by atoms with E-state index >= 15 is 0 Å². The number of carbonyl (C=O) groups is 1. The summed E-state index contributed by atoms with van der Waals surface area (Å²) in [6.07, 6.45) is 1.83. The van der Waals surface area contributed by atoms with E-state index in [0.717, 1.165) is 55.9 Å². The number of nitrogens with zero attached hydrogens (tertiary/aromatic N) is 2. The molecule has 0 aromatic heterocycles. The zero-order valence-corrected chi connectivity index (χ0v) is 13.1. The van der Waals surface area contributed by atoms with Crippen molar-refractivity contribution in [2.75, 3.05) is 39.4 Å². The summed E-state index contributed by atoms with van der Waals surface area (Å²) >= 11 is 0. The van der Waals surface area contributed by atoms with Gasteiger partial charge in [0.05, 0.1) is 13.2 Å². The van der Waals surface area contributed by atoms with Crippen molar-refractivity contribution in [1.29, 1.82) is 0 Å². The topological polar surface area (TPSA) is 53.0 Å². The van der Waals surface area contributed by atoms with Crippen LogP contribution in [0.4, 0.5) is 0 Å². The van der Waals surface area contributed by atoms with Crippen molar-refractivity contribution >= 4 is 5.91 Å². The van der Waals surface area contributed by atoms with Crippen LogP contribution in [-0.2, 0) is 6.42 Å². The molecule has 1 atom stereocenters. The predicted molar refractivity (Wildman–Crippen MR) is 84.3 cm³/mol. The van der Waals surface area contributed by atoms with E-state index in [2.05, 4.69) is 11.8 Å². The average Bonchev–Trinajstić information content (AvgIpc) is 3.03. The van der Waals surface area contributed by atoms with Gasteiger partial charge in [0, 0.05) is 44.2 Å². The van der Waals surface area contributed by atoms with Crippen molar-refractivity contribution in [1.82, 2.24) is 9.80 Å². The molecule has 1 amide bonds. The van der Waals surface area contributed by atoms with Gasteiger partial charge in [-0.3, -0.25) is 9.69 Å². The molecule has 5 nitrogen and oxygen atoms in total. The lowest BCUT2D eigenvalue weighted by Gasteiger charge is -2.38. The maximum absolute atomic E-state index is 12.6. The summed E-state index contributed by atoms with van der Waals surface area (Å²) < 4.78 is 5.49. The Hall–Kier alpha value is -1.59. The Morgan fingerprint density at radius 1 is 1.32 bits per heavy atom. The van der Waals surface area contributed by atoms with E-state index in [1.165, 1.54) is 0 Å². The number of amides is 1. The summed E-state index contributed by atoms with van der Waals surface area (Å²) in [5, 5.41) is 9.39. The van der Waals surface area contributed by atoms with Crippen LogP contribution in [0.2, 0.25) is 0 Å². The summed E-state index contributed by atoms with van der Waals surface area (Å²) in [5.74, 6) is 1.02. The zero-order chi connectivity index (χ0) is 15.5. The van der Waals surface area contributed by atoms with Gasteiger partial charge >= 0.3 is 0 Å². The van der Waals surface area contributed by atoms with Crippen LogP contribution in [0.1, 0.15) is 29.3 Å². The minimum absolute atomic E-state index is 0.103. The molecule has 1 N–H and O–H groups in total. The van der Waals surface area contributed by atoms with Gasteiger partial charge in [-0.2, -0.15) is 0 Å². The van der Waals surface area contributed by atoms with Gasteiger partial charge in [0.2, 0.25) is 0 Å². The number of benzene rings is 1. The highest BCUT2D eigenvalue weighted by atomic mass is 16.5. The predicted octanol–water partition coefficient (Wildman–Crippen LogP) is 1.15. The molecule has 1 aromatic carbocycles. The molecule has 1 fully saturated rings. The van der Waals surface area contributed by atoms with Crippen LogP contribution in [-0.4, -0.2) is 66.2 Å². The van der Waals surface area contributed by atoms with E-state index in [-0.39, 0.29) is 18.6 Å². The lowest BCUT2D eigenvalue weighted by molar-refractivity contribution is 0.0472. The fourth-order valence-electron chi connectivity index (χ4n) is 3.30. The maximum atomic E-state index is 12.6. The molecule has 22 heavy (non-hydrogen) atoms. The summed E-state index contributed by atoms with van der Waals surface area (Å²) in [6.45, 7) is 6.11. The van der Waals surface area contributed by atoms with Crippen molar-refractivity contribution in [3.63, 3.8) is 0 Å². The molecule has 0 aliphatic carbocycles. The minimum Gasteiger partial charge on any atom is -0.493 e. The van der Waals surface area contributed by atoms with Gasteiger partial charge in [0.15, 0.2) is 0 Å². The van der Waals surface area contributed by atoms with E-state index in [9.17, 15) is 9.90 Å². The van der Waals surface area contributed by atoms with E-state index in [1.54, 1.807) is 0 Å². The molecule has 2 heterocycles. The zero-order valence-electron chi connectivity index (χ0n) is 13.1. The third-order valence-corrected chi connectivity index (χ3v) is 4.74. The van der Waals surface area contributed by atoms with Gasteiger partial charge in [-0.05, 0) is 30.2 Å². The first-order valence-electron chi connectivity index (χ1n) is 8.13.